The largest absolute Gasteiger partial charge is 0.455 e. The predicted octanol–water partition coefficient (Wildman–Crippen LogP) is 16.8. The second kappa shape index (κ2) is 15.3. The maximum absolute atomic E-state index is 6.81. The SMILES string of the molecule is c1ccc(-c2cccc(-c3ccc(N(c4cccc(-c5ccccc5)c4)c4cc(-c5cccc(-n6c7ccccc7c7ccccc76)c5)c5oc6ccccc6c5c4)cc3)c2)cc1. The minimum absolute atomic E-state index is 0.865. The standard InChI is InChI=1S/C60H40N2O/c1-3-16-41(17-4-1)44-20-13-21-45(36-44)43-32-34-48(35-33-43)61(49-24-14-22-46(37-49)42-18-5-2-6-19-42)51-39-55(60-56(40-51)54-28-9-12-31-59(54)63-60)47-23-15-25-50(38-47)62-57-29-10-7-26-52(57)53-27-8-11-30-58(53)62/h1-40H. The van der Waals surface area contributed by atoms with Crippen LogP contribution in [0, 0.1) is 0 Å². The topological polar surface area (TPSA) is 21.3 Å². The maximum Gasteiger partial charge on any atom is 0.143 e. The van der Waals surface area contributed by atoms with Crippen LogP contribution in [0.4, 0.5) is 17.1 Å². The Kier molecular flexibility index (Phi) is 8.83. The molecule has 12 aromatic rings. The van der Waals surface area contributed by atoms with E-state index in [1.807, 2.05) is 6.07 Å². The van der Waals surface area contributed by atoms with E-state index in [0.29, 0.717) is 0 Å². The third-order valence-electron chi connectivity index (χ3n) is 12.4. The van der Waals surface area contributed by atoms with E-state index in [2.05, 4.69) is 246 Å². The Hall–Kier alpha value is -8.40. The summed E-state index contributed by atoms with van der Waals surface area (Å²) in [4.78, 5) is 2.39. The van der Waals surface area contributed by atoms with Gasteiger partial charge in [0.2, 0.25) is 0 Å². The molecule has 3 heteroatoms. The van der Waals surface area contributed by atoms with Gasteiger partial charge in [-0.2, -0.15) is 0 Å². The lowest BCUT2D eigenvalue weighted by atomic mass is 9.98. The Labute approximate surface area is 366 Å². The van der Waals surface area contributed by atoms with Gasteiger partial charge in [0.15, 0.2) is 0 Å². The number of hydrogen-bond acceptors (Lipinski definition) is 2. The van der Waals surface area contributed by atoms with E-state index in [-0.39, 0.29) is 0 Å². The Balaban J connectivity index is 1.05. The van der Waals surface area contributed by atoms with E-state index in [1.165, 1.54) is 44.1 Å². The van der Waals surface area contributed by atoms with Crippen LogP contribution in [-0.4, -0.2) is 4.57 Å². The lowest BCUT2D eigenvalue weighted by Gasteiger charge is -2.27. The van der Waals surface area contributed by atoms with Crippen LogP contribution in [0.25, 0.3) is 93.9 Å². The Morgan fingerprint density at radius 2 is 0.825 bits per heavy atom. The van der Waals surface area contributed by atoms with Gasteiger partial charge in [0, 0.05) is 49.9 Å². The number of anilines is 3. The Morgan fingerprint density at radius 1 is 0.302 bits per heavy atom. The number of benzene rings is 10. The van der Waals surface area contributed by atoms with Gasteiger partial charge in [0.25, 0.3) is 0 Å². The zero-order valence-corrected chi connectivity index (χ0v) is 34.4. The average Bonchev–Trinajstić information content (AvgIpc) is 3.91. The van der Waals surface area contributed by atoms with Gasteiger partial charge >= 0.3 is 0 Å². The van der Waals surface area contributed by atoms with Crippen molar-refractivity contribution >= 4 is 60.8 Å². The second-order valence-electron chi connectivity index (χ2n) is 16.1. The molecule has 12 rings (SSSR count). The molecule has 0 amide bonds. The first kappa shape index (κ1) is 36.5. The summed E-state index contributed by atoms with van der Waals surface area (Å²) in [5.41, 5.74) is 17.5. The van der Waals surface area contributed by atoms with Crippen LogP contribution in [-0.2, 0) is 0 Å². The van der Waals surface area contributed by atoms with Crippen molar-refractivity contribution < 1.29 is 4.42 Å². The quantitative estimate of drug-likeness (QED) is 0.153. The van der Waals surface area contributed by atoms with Gasteiger partial charge < -0.3 is 13.9 Å². The van der Waals surface area contributed by atoms with Gasteiger partial charge in [0.1, 0.15) is 11.2 Å². The summed E-state index contributed by atoms with van der Waals surface area (Å²) in [5.74, 6) is 0. The van der Waals surface area contributed by atoms with E-state index in [0.717, 1.165) is 66.9 Å². The summed E-state index contributed by atoms with van der Waals surface area (Å²) in [7, 11) is 0. The second-order valence-corrected chi connectivity index (χ2v) is 16.1. The van der Waals surface area contributed by atoms with Gasteiger partial charge in [-0.3, -0.25) is 0 Å². The van der Waals surface area contributed by atoms with Gasteiger partial charge in [-0.1, -0.05) is 170 Å². The molecular formula is C60H40N2O. The van der Waals surface area contributed by atoms with E-state index in [1.54, 1.807) is 0 Å². The molecule has 0 aliphatic heterocycles. The summed E-state index contributed by atoms with van der Waals surface area (Å²) in [5, 5.41) is 4.63. The summed E-state index contributed by atoms with van der Waals surface area (Å²) in [6.45, 7) is 0. The number of rotatable bonds is 8. The fourth-order valence-corrected chi connectivity index (χ4v) is 9.38. The molecule has 0 saturated carbocycles. The van der Waals surface area contributed by atoms with Crippen LogP contribution >= 0.6 is 0 Å². The van der Waals surface area contributed by atoms with Crippen LogP contribution in [0.5, 0.6) is 0 Å². The number of nitrogens with zero attached hydrogens (tertiary/aromatic N) is 2. The smallest absolute Gasteiger partial charge is 0.143 e. The molecule has 296 valence electrons. The van der Waals surface area contributed by atoms with E-state index in [4.69, 9.17) is 4.42 Å². The third kappa shape index (κ3) is 6.46. The number of furan rings is 1. The first-order chi connectivity index (χ1) is 31.2. The third-order valence-corrected chi connectivity index (χ3v) is 12.4. The minimum Gasteiger partial charge on any atom is -0.455 e. The predicted molar refractivity (Wildman–Crippen MR) is 264 cm³/mol. The highest BCUT2D eigenvalue weighted by Crippen LogP contribution is 2.45. The first-order valence-corrected chi connectivity index (χ1v) is 21.5. The zero-order chi connectivity index (χ0) is 41.7. The highest BCUT2D eigenvalue weighted by Gasteiger charge is 2.21. The van der Waals surface area contributed by atoms with Crippen molar-refractivity contribution in [1.29, 1.82) is 0 Å². The summed E-state index contributed by atoms with van der Waals surface area (Å²) in [6.07, 6.45) is 0. The molecular weight excluding hydrogens is 765 g/mol. The molecule has 0 bridgehead atoms. The van der Waals surface area contributed by atoms with Crippen molar-refractivity contribution in [1.82, 2.24) is 4.57 Å². The summed E-state index contributed by atoms with van der Waals surface area (Å²) >= 11 is 0. The van der Waals surface area contributed by atoms with Crippen LogP contribution in [0.1, 0.15) is 0 Å². The lowest BCUT2D eigenvalue weighted by molar-refractivity contribution is 0.670. The molecule has 0 aliphatic rings. The number of fused-ring (bicyclic) bond motifs is 6. The van der Waals surface area contributed by atoms with E-state index in [9.17, 15) is 0 Å². The van der Waals surface area contributed by atoms with Gasteiger partial charge in [0.05, 0.1) is 11.0 Å². The fourth-order valence-electron chi connectivity index (χ4n) is 9.38. The molecule has 2 aromatic heterocycles. The molecule has 0 fully saturated rings. The number of para-hydroxylation sites is 3. The molecule has 0 aliphatic carbocycles. The molecule has 0 N–H and O–H groups in total. The molecule has 3 nitrogen and oxygen atoms in total. The van der Waals surface area contributed by atoms with Crippen molar-refractivity contribution in [2.24, 2.45) is 0 Å². The molecule has 0 atom stereocenters. The molecule has 0 unspecified atom stereocenters. The molecule has 0 radical (unpaired) electrons. The maximum atomic E-state index is 6.81. The molecule has 63 heavy (non-hydrogen) atoms. The van der Waals surface area contributed by atoms with Crippen molar-refractivity contribution in [2.75, 3.05) is 4.90 Å². The van der Waals surface area contributed by atoms with Crippen molar-refractivity contribution in [3.8, 4) is 50.2 Å². The molecule has 0 spiro atoms. The van der Waals surface area contributed by atoms with Crippen molar-refractivity contribution in [3.63, 3.8) is 0 Å². The number of hydrogen-bond donors (Lipinski definition) is 0. The minimum atomic E-state index is 0.865. The highest BCUT2D eigenvalue weighted by atomic mass is 16.3. The van der Waals surface area contributed by atoms with Crippen LogP contribution in [0.3, 0.4) is 0 Å². The zero-order valence-electron chi connectivity index (χ0n) is 34.4. The van der Waals surface area contributed by atoms with Crippen molar-refractivity contribution in [2.45, 2.75) is 0 Å². The Morgan fingerprint density at radius 3 is 1.51 bits per heavy atom. The fraction of sp³-hybridized carbons (Fsp3) is 0. The lowest BCUT2D eigenvalue weighted by Crippen LogP contribution is -2.10. The van der Waals surface area contributed by atoms with E-state index < -0.39 is 0 Å². The average molecular weight is 805 g/mol. The van der Waals surface area contributed by atoms with E-state index >= 15 is 0 Å². The first-order valence-electron chi connectivity index (χ1n) is 21.5. The summed E-state index contributed by atoms with van der Waals surface area (Å²) < 4.78 is 9.19. The highest BCUT2D eigenvalue weighted by molar-refractivity contribution is 6.12. The Bertz CT molecular complexity index is 3570. The van der Waals surface area contributed by atoms with Crippen LogP contribution in [0.2, 0.25) is 0 Å². The molecule has 2 heterocycles. The molecule has 0 saturated heterocycles. The normalized spacial score (nSPS) is 11.5. The summed E-state index contributed by atoms with van der Waals surface area (Å²) in [6, 6.07) is 87.1. The van der Waals surface area contributed by atoms with Gasteiger partial charge in [-0.25, -0.2) is 0 Å². The molecule has 10 aromatic carbocycles. The van der Waals surface area contributed by atoms with Crippen molar-refractivity contribution in [3.05, 3.63) is 243 Å². The van der Waals surface area contributed by atoms with Crippen LogP contribution in [0.15, 0.2) is 247 Å². The van der Waals surface area contributed by atoms with Crippen LogP contribution < -0.4 is 4.90 Å². The number of aromatic nitrogens is 1. The monoisotopic (exact) mass is 804 g/mol. The van der Waals surface area contributed by atoms with Gasteiger partial charge in [-0.15, -0.1) is 0 Å². The van der Waals surface area contributed by atoms with Gasteiger partial charge in [-0.05, 0) is 112 Å².